The van der Waals surface area contributed by atoms with Crippen LogP contribution in [0.4, 0.5) is 13.2 Å². The highest BCUT2D eigenvalue weighted by molar-refractivity contribution is 5.99. The van der Waals surface area contributed by atoms with Gasteiger partial charge in [-0.2, -0.15) is 13.2 Å². The number of hydrogen-bond donors (Lipinski definition) is 1. The van der Waals surface area contributed by atoms with Crippen molar-refractivity contribution in [2.45, 2.75) is 31.5 Å². The summed E-state index contributed by atoms with van der Waals surface area (Å²) in [7, 11) is 3.78. The fourth-order valence-electron chi connectivity index (χ4n) is 3.26. The molecule has 0 spiro atoms. The van der Waals surface area contributed by atoms with Crippen LogP contribution in [0.15, 0.2) is 16.9 Å². The van der Waals surface area contributed by atoms with Crippen LogP contribution in [0.3, 0.4) is 0 Å². The van der Waals surface area contributed by atoms with Gasteiger partial charge in [0, 0.05) is 32.3 Å². The van der Waals surface area contributed by atoms with Gasteiger partial charge in [0.1, 0.15) is 6.67 Å². The molecule has 0 amide bonds. The predicted octanol–water partition coefficient (Wildman–Crippen LogP) is 1.43. The van der Waals surface area contributed by atoms with E-state index in [-0.39, 0.29) is 6.54 Å². The van der Waals surface area contributed by atoms with E-state index in [2.05, 4.69) is 4.99 Å². The maximum Gasteiger partial charge on any atom is 0.417 e. The highest BCUT2D eigenvalue weighted by Gasteiger charge is 2.68. The summed E-state index contributed by atoms with van der Waals surface area (Å²) in [6.07, 6.45) is -1.98. The van der Waals surface area contributed by atoms with Crippen molar-refractivity contribution in [3.63, 3.8) is 0 Å². The predicted molar refractivity (Wildman–Crippen MR) is 75.8 cm³/mol. The lowest BCUT2D eigenvalue weighted by atomic mass is 9.84. The van der Waals surface area contributed by atoms with Gasteiger partial charge in [-0.15, -0.1) is 0 Å². The minimum Gasteiger partial charge on any atom is -0.380 e. The number of halogens is 3. The Morgan fingerprint density at radius 1 is 1.27 bits per heavy atom. The Labute approximate surface area is 127 Å². The molecule has 1 fully saturated rings. The second-order valence-corrected chi connectivity index (χ2v) is 6.77. The summed E-state index contributed by atoms with van der Waals surface area (Å²) in [4.78, 5) is 10.1. The van der Waals surface area contributed by atoms with Gasteiger partial charge in [-0.05, 0) is 19.8 Å². The summed E-state index contributed by atoms with van der Waals surface area (Å²) in [6, 6.07) is 0. The van der Waals surface area contributed by atoms with Crippen molar-refractivity contribution in [2.75, 3.05) is 34.0 Å². The highest BCUT2D eigenvalue weighted by Crippen LogP contribution is 2.59. The van der Waals surface area contributed by atoms with Crippen molar-refractivity contribution in [3.05, 3.63) is 11.9 Å². The lowest BCUT2D eigenvalue weighted by Gasteiger charge is -2.41. The topological polar surface area (TPSA) is 42.3 Å². The Hall–Kier alpha value is -1.44. The van der Waals surface area contributed by atoms with E-state index in [0.717, 1.165) is 18.5 Å². The summed E-state index contributed by atoms with van der Waals surface area (Å²) in [5.74, 6) is 0.867. The third-order valence-electron chi connectivity index (χ3n) is 5.08. The van der Waals surface area contributed by atoms with Gasteiger partial charge in [0.05, 0.1) is 12.4 Å². The van der Waals surface area contributed by atoms with E-state index in [1.807, 2.05) is 35.0 Å². The Kier molecular flexibility index (Phi) is 3.18. The van der Waals surface area contributed by atoms with E-state index in [9.17, 15) is 18.3 Å². The normalized spacial score (nSPS) is 26.4. The maximum absolute atomic E-state index is 13.2. The van der Waals surface area contributed by atoms with E-state index in [1.54, 1.807) is 0 Å². The molecule has 1 aliphatic carbocycles. The first kappa shape index (κ1) is 15.5. The van der Waals surface area contributed by atoms with Crippen molar-refractivity contribution < 1.29 is 18.3 Å². The second kappa shape index (κ2) is 4.53. The SMILES string of the molecule is CN1CN=C2C1=CN(CC1(C(C)(O)C(F)(F)F)CC1)CN2C. The molecule has 1 saturated carbocycles. The van der Waals surface area contributed by atoms with Crippen LogP contribution in [0.2, 0.25) is 0 Å². The molecule has 0 bridgehead atoms. The number of likely N-dealkylation sites (N-methyl/N-ethyl adjacent to an activating group) is 2. The smallest absolute Gasteiger partial charge is 0.380 e. The van der Waals surface area contributed by atoms with E-state index in [4.69, 9.17) is 0 Å². The Morgan fingerprint density at radius 2 is 1.91 bits per heavy atom. The fraction of sp³-hybridized carbons (Fsp3) is 0.786. The van der Waals surface area contributed by atoms with Crippen LogP contribution in [0.25, 0.3) is 0 Å². The molecule has 124 valence electrons. The summed E-state index contributed by atoms with van der Waals surface area (Å²) in [5, 5.41) is 10.1. The number of alkyl halides is 3. The first-order valence-corrected chi connectivity index (χ1v) is 7.29. The summed E-state index contributed by atoms with van der Waals surface area (Å²) in [5.41, 5.74) is -2.86. The molecular weight excluding hydrogens is 297 g/mol. The molecule has 22 heavy (non-hydrogen) atoms. The molecule has 8 heteroatoms. The average molecular weight is 318 g/mol. The van der Waals surface area contributed by atoms with Gasteiger partial charge in [-0.3, -0.25) is 0 Å². The van der Waals surface area contributed by atoms with E-state index < -0.39 is 17.2 Å². The van der Waals surface area contributed by atoms with Crippen LogP contribution in [0, 0.1) is 5.41 Å². The number of aliphatic hydroxyl groups is 1. The number of aliphatic imine (C=N–C) groups is 1. The van der Waals surface area contributed by atoms with Crippen molar-refractivity contribution in [1.82, 2.24) is 14.7 Å². The molecule has 0 radical (unpaired) electrons. The van der Waals surface area contributed by atoms with E-state index in [1.165, 1.54) is 0 Å². The van der Waals surface area contributed by atoms with Crippen LogP contribution in [0.5, 0.6) is 0 Å². The Morgan fingerprint density at radius 3 is 2.45 bits per heavy atom. The lowest BCUT2D eigenvalue weighted by Crippen LogP contribution is -2.55. The second-order valence-electron chi connectivity index (χ2n) is 6.77. The molecule has 2 heterocycles. The quantitative estimate of drug-likeness (QED) is 0.855. The van der Waals surface area contributed by atoms with Gasteiger partial charge >= 0.3 is 6.18 Å². The summed E-state index contributed by atoms with van der Waals surface area (Å²) in [6.45, 7) is 2.13. The molecule has 1 unspecified atom stereocenters. The standard InChI is InChI=1S/C14H21F3N4O/c1-12(22,14(15,16)17)13(4-5-13)7-21-6-10-11(20(3)9-21)18-8-19(10)2/h6,22H,4-5,7-9H2,1-3H3. The zero-order valence-electron chi connectivity index (χ0n) is 13.0. The summed E-state index contributed by atoms with van der Waals surface area (Å²) < 4.78 is 39.5. The van der Waals surface area contributed by atoms with Crippen molar-refractivity contribution in [3.8, 4) is 0 Å². The minimum absolute atomic E-state index is 0.189. The van der Waals surface area contributed by atoms with Crippen molar-refractivity contribution in [1.29, 1.82) is 0 Å². The molecule has 0 aromatic rings. The molecule has 0 aromatic heterocycles. The first-order valence-electron chi connectivity index (χ1n) is 7.29. The number of nitrogens with zero attached hydrogens (tertiary/aromatic N) is 4. The zero-order valence-corrected chi connectivity index (χ0v) is 13.0. The van der Waals surface area contributed by atoms with E-state index >= 15 is 0 Å². The van der Waals surface area contributed by atoms with Crippen molar-refractivity contribution in [2.24, 2.45) is 10.4 Å². The van der Waals surface area contributed by atoms with Crippen LogP contribution < -0.4 is 0 Å². The number of hydrogen-bond acceptors (Lipinski definition) is 5. The van der Waals surface area contributed by atoms with Gasteiger partial charge < -0.3 is 19.8 Å². The number of rotatable bonds is 3. The third kappa shape index (κ3) is 2.15. The van der Waals surface area contributed by atoms with Gasteiger partial charge in [0.25, 0.3) is 0 Å². The van der Waals surface area contributed by atoms with Crippen molar-refractivity contribution >= 4 is 5.84 Å². The zero-order chi connectivity index (χ0) is 16.3. The third-order valence-corrected chi connectivity index (χ3v) is 5.08. The van der Waals surface area contributed by atoms with Gasteiger partial charge in [-0.1, -0.05) is 0 Å². The van der Waals surface area contributed by atoms with Crippen LogP contribution >= 0.6 is 0 Å². The summed E-state index contributed by atoms with van der Waals surface area (Å²) >= 11 is 0. The molecule has 2 aliphatic heterocycles. The molecule has 3 rings (SSSR count). The molecule has 1 N–H and O–H groups in total. The average Bonchev–Trinajstić information content (AvgIpc) is 3.08. The van der Waals surface area contributed by atoms with Crippen LogP contribution in [-0.4, -0.2) is 71.4 Å². The van der Waals surface area contributed by atoms with Gasteiger partial charge in [0.2, 0.25) is 0 Å². The van der Waals surface area contributed by atoms with Crippen LogP contribution in [0.1, 0.15) is 19.8 Å². The number of fused-ring (bicyclic) bond motifs is 1. The molecular formula is C14H21F3N4O. The molecule has 5 nitrogen and oxygen atoms in total. The van der Waals surface area contributed by atoms with E-state index in [0.29, 0.717) is 26.2 Å². The number of amidine groups is 1. The molecule has 3 aliphatic rings. The van der Waals surface area contributed by atoms with Gasteiger partial charge in [-0.25, -0.2) is 4.99 Å². The first-order chi connectivity index (χ1) is 10.1. The highest BCUT2D eigenvalue weighted by atomic mass is 19.4. The Balaban J connectivity index is 1.81. The fourth-order valence-corrected chi connectivity index (χ4v) is 3.26. The van der Waals surface area contributed by atoms with Gasteiger partial charge in [0.15, 0.2) is 11.4 Å². The molecule has 0 aromatic carbocycles. The monoisotopic (exact) mass is 318 g/mol. The largest absolute Gasteiger partial charge is 0.417 e. The minimum atomic E-state index is -4.62. The maximum atomic E-state index is 13.2. The molecule has 1 atom stereocenters. The molecule has 0 saturated heterocycles. The Bertz CT molecular complexity index is 537. The van der Waals surface area contributed by atoms with Crippen LogP contribution in [-0.2, 0) is 0 Å². The lowest BCUT2D eigenvalue weighted by molar-refractivity contribution is -0.279.